The van der Waals surface area contributed by atoms with E-state index in [2.05, 4.69) is 25.9 Å². The Balaban J connectivity index is 1.80. The number of Topliss-reactive ketones (excluding diaryl/α,β-unsaturated/α-hetero) is 1. The molecule has 2 aromatic heterocycles. The van der Waals surface area contributed by atoms with Crippen molar-refractivity contribution in [3.63, 3.8) is 0 Å². The van der Waals surface area contributed by atoms with Gasteiger partial charge in [0.05, 0.1) is 0 Å². The molecule has 1 unspecified atom stereocenters. The molecule has 1 atom stereocenters. The first-order chi connectivity index (χ1) is 12.1. The third-order valence-corrected chi connectivity index (χ3v) is 5.32. The summed E-state index contributed by atoms with van der Waals surface area (Å²) in [7, 11) is 0. The molecule has 5 rings (SSSR count). The van der Waals surface area contributed by atoms with Crippen LogP contribution in [0.15, 0.2) is 59.3 Å². The predicted molar refractivity (Wildman–Crippen MR) is 102 cm³/mol. The van der Waals surface area contributed by atoms with E-state index in [0.29, 0.717) is 11.1 Å². The maximum Gasteiger partial charge on any atom is 0.196 e. The number of fused-ring (bicyclic) bond motifs is 2. The minimum Gasteiger partial charge on any atom is -0.380 e. The topological polar surface area (TPSA) is 68.9 Å². The number of aliphatic hydroxyl groups is 1. The van der Waals surface area contributed by atoms with Crippen LogP contribution in [0.25, 0.3) is 33.0 Å². The molecule has 0 saturated heterocycles. The average molecular weight is 393 g/mol. The number of hydrogen-bond donors (Lipinski definition) is 3. The molecule has 1 aliphatic rings. The van der Waals surface area contributed by atoms with Crippen LogP contribution in [0, 0.1) is 0 Å². The number of nitrogens with one attached hydrogen (secondary N) is 2. The molecule has 0 fully saturated rings. The van der Waals surface area contributed by atoms with Crippen LogP contribution in [0.3, 0.4) is 0 Å². The molecule has 0 aliphatic heterocycles. The van der Waals surface area contributed by atoms with Crippen molar-refractivity contribution in [1.29, 1.82) is 0 Å². The maximum atomic E-state index is 12.5. The Morgan fingerprint density at radius 3 is 2.48 bits per heavy atom. The molecule has 3 N–H and O–H groups in total. The molecular formula is C20H13BrN2O2. The summed E-state index contributed by atoms with van der Waals surface area (Å²) in [6, 6.07) is 13.8. The second kappa shape index (κ2) is 5.18. The van der Waals surface area contributed by atoms with Crippen molar-refractivity contribution < 1.29 is 9.90 Å². The Morgan fingerprint density at radius 1 is 0.920 bits per heavy atom. The molecule has 1 aliphatic carbocycles. The van der Waals surface area contributed by atoms with Gasteiger partial charge in [-0.1, -0.05) is 34.1 Å². The summed E-state index contributed by atoms with van der Waals surface area (Å²) in [5.74, 6) is -0.235. The van der Waals surface area contributed by atoms with E-state index in [-0.39, 0.29) is 5.78 Å². The van der Waals surface area contributed by atoms with Crippen LogP contribution in [0.4, 0.5) is 0 Å². The Kier molecular flexibility index (Phi) is 3.04. The van der Waals surface area contributed by atoms with Crippen LogP contribution in [0.5, 0.6) is 0 Å². The first-order valence-corrected chi connectivity index (χ1v) is 8.74. The molecule has 0 amide bonds. The lowest BCUT2D eigenvalue weighted by Gasteiger charge is -2.28. The molecule has 4 nitrogen and oxygen atoms in total. The third-order valence-electron chi connectivity index (χ3n) is 4.83. The van der Waals surface area contributed by atoms with E-state index in [1.807, 2.05) is 54.9 Å². The summed E-state index contributed by atoms with van der Waals surface area (Å²) in [6.45, 7) is 0. The summed E-state index contributed by atoms with van der Waals surface area (Å²) < 4.78 is 0.947. The van der Waals surface area contributed by atoms with Crippen LogP contribution in [-0.4, -0.2) is 27.0 Å². The van der Waals surface area contributed by atoms with E-state index in [9.17, 15) is 9.90 Å². The van der Waals surface area contributed by atoms with Gasteiger partial charge in [0.2, 0.25) is 0 Å². The molecule has 0 spiro atoms. The van der Waals surface area contributed by atoms with E-state index in [1.165, 1.54) is 0 Å². The van der Waals surface area contributed by atoms with Gasteiger partial charge in [-0.3, -0.25) is 4.79 Å². The molecule has 25 heavy (non-hydrogen) atoms. The highest BCUT2D eigenvalue weighted by Gasteiger charge is 2.40. The summed E-state index contributed by atoms with van der Waals surface area (Å²) in [6.07, 6.45) is 2.62. The smallest absolute Gasteiger partial charge is 0.196 e. The van der Waals surface area contributed by atoms with Crippen LogP contribution in [0.2, 0.25) is 0 Å². The third kappa shape index (κ3) is 2.00. The molecule has 122 valence electrons. The van der Waals surface area contributed by atoms with E-state index >= 15 is 0 Å². The number of carbonyl (C=O) groups excluding carboxylic acids is 1. The number of aromatic nitrogens is 2. The van der Waals surface area contributed by atoms with E-state index in [1.54, 1.807) is 0 Å². The first kappa shape index (κ1) is 14.7. The average Bonchev–Trinajstić information content (AvgIpc) is 3.22. The second-order valence-electron chi connectivity index (χ2n) is 6.20. The highest BCUT2D eigenvalue weighted by molar-refractivity contribution is 9.10. The Bertz CT molecular complexity index is 1200. The summed E-state index contributed by atoms with van der Waals surface area (Å²) in [5.41, 5.74) is 4.91. The fourth-order valence-corrected chi connectivity index (χ4v) is 3.97. The Morgan fingerprint density at radius 2 is 1.64 bits per heavy atom. The van der Waals surface area contributed by atoms with Crippen molar-refractivity contribution in [3.8, 4) is 0 Å². The van der Waals surface area contributed by atoms with Crippen molar-refractivity contribution in [3.05, 3.63) is 70.5 Å². The van der Waals surface area contributed by atoms with Gasteiger partial charge in [0.1, 0.15) is 6.10 Å². The van der Waals surface area contributed by atoms with E-state index in [0.717, 1.165) is 37.4 Å². The number of carbonyl (C=O) groups is 1. The van der Waals surface area contributed by atoms with Gasteiger partial charge in [0.25, 0.3) is 0 Å². The monoisotopic (exact) mass is 392 g/mol. The second-order valence-corrected chi connectivity index (χ2v) is 7.11. The fraction of sp³-hybridized carbons (Fsp3) is 0.0500. The molecule has 0 radical (unpaired) electrons. The molecule has 4 aromatic rings. The molecule has 0 saturated carbocycles. The van der Waals surface area contributed by atoms with Crippen molar-refractivity contribution in [1.82, 2.24) is 9.97 Å². The summed E-state index contributed by atoms with van der Waals surface area (Å²) in [5, 5.41) is 12.3. The highest BCUT2D eigenvalue weighted by Crippen LogP contribution is 2.44. The Labute approximate surface area is 151 Å². The first-order valence-electron chi connectivity index (χ1n) is 7.95. The number of H-pyrrole nitrogens is 2. The largest absolute Gasteiger partial charge is 0.380 e. The SMILES string of the molecule is O=C1C(c2c[nH]c3ccc(Br)cc23)=C(c2c[nH]c3ccccc23)C1O. The van der Waals surface area contributed by atoms with Crippen molar-refractivity contribution in [2.45, 2.75) is 6.10 Å². The summed E-state index contributed by atoms with van der Waals surface area (Å²) in [4.78, 5) is 18.9. The standard InChI is InChI=1S/C20H13BrN2O2/c21-10-5-6-16-12(7-10)14(9-23-16)18-17(19(24)20(18)25)13-8-22-15-4-2-1-3-11(13)15/h1-9,19,22-24H. The quantitative estimate of drug-likeness (QED) is 0.476. The number of aliphatic hydroxyl groups excluding tert-OH is 1. The van der Waals surface area contributed by atoms with Crippen LogP contribution in [0.1, 0.15) is 11.1 Å². The number of aromatic amines is 2. The van der Waals surface area contributed by atoms with Gasteiger partial charge >= 0.3 is 0 Å². The van der Waals surface area contributed by atoms with Gasteiger partial charge in [-0.15, -0.1) is 0 Å². The Hall–Kier alpha value is -2.63. The zero-order chi connectivity index (χ0) is 17.1. The number of halogens is 1. The molecular weight excluding hydrogens is 380 g/mol. The lowest BCUT2D eigenvalue weighted by Crippen LogP contribution is -2.34. The number of hydrogen-bond acceptors (Lipinski definition) is 2. The maximum absolute atomic E-state index is 12.5. The summed E-state index contributed by atoms with van der Waals surface area (Å²) >= 11 is 3.48. The zero-order valence-corrected chi connectivity index (χ0v) is 14.6. The van der Waals surface area contributed by atoms with E-state index in [4.69, 9.17) is 0 Å². The highest BCUT2D eigenvalue weighted by atomic mass is 79.9. The van der Waals surface area contributed by atoms with Gasteiger partial charge in [-0.2, -0.15) is 0 Å². The minimum atomic E-state index is -1.08. The number of para-hydroxylation sites is 1. The normalized spacial score (nSPS) is 17.5. The van der Waals surface area contributed by atoms with Crippen molar-refractivity contribution >= 4 is 54.7 Å². The van der Waals surface area contributed by atoms with Crippen molar-refractivity contribution in [2.75, 3.05) is 0 Å². The predicted octanol–water partition coefficient (Wildman–Crippen LogP) is 4.27. The molecule has 2 heterocycles. The lowest BCUT2D eigenvalue weighted by atomic mass is 9.76. The molecule has 5 heteroatoms. The number of benzene rings is 2. The van der Waals surface area contributed by atoms with Gasteiger partial charge in [0, 0.05) is 60.9 Å². The van der Waals surface area contributed by atoms with Crippen LogP contribution >= 0.6 is 15.9 Å². The molecule has 0 bridgehead atoms. The zero-order valence-electron chi connectivity index (χ0n) is 13.0. The molecule has 2 aromatic carbocycles. The number of ketones is 1. The van der Waals surface area contributed by atoms with Crippen LogP contribution in [-0.2, 0) is 4.79 Å². The van der Waals surface area contributed by atoms with Crippen molar-refractivity contribution in [2.24, 2.45) is 0 Å². The minimum absolute atomic E-state index is 0.235. The van der Waals surface area contributed by atoms with Gasteiger partial charge in [-0.25, -0.2) is 0 Å². The van der Waals surface area contributed by atoms with E-state index < -0.39 is 6.10 Å². The lowest BCUT2D eigenvalue weighted by molar-refractivity contribution is -0.120. The fourth-order valence-electron chi connectivity index (χ4n) is 3.61. The van der Waals surface area contributed by atoms with Gasteiger partial charge in [-0.05, 0) is 24.3 Å². The van der Waals surface area contributed by atoms with Crippen LogP contribution < -0.4 is 0 Å². The van der Waals surface area contributed by atoms with Gasteiger partial charge < -0.3 is 15.1 Å². The van der Waals surface area contributed by atoms with Gasteiger partial charge in [0.15, 0.2) is 5.78 Å². The number of rotatable bonds is 2.